The molecule has 0 aromatic heterocycles. The van der Waals surface area contributed by atoms with E-state index in [4.69, 9.17) is 0 Å². The van der Waals surface area contributed by atoms with Crippen molar-refractivity contribution in [1.29, 1.82) is 0 Å². The van der Waals surface area contributed by atoms with Crippen molar-refractivity contribution < 1.29 is 15.0 Å². The molecule has 53 heavy (non-hydrogen) atoms. The maximum Gasteiger partial charge on any atom is 0.220 e. The normalized spacial score (nSPS) is 13.7. The second kappa shape index (κ2) is 44.2. The number of carbonyl (C=O) groups excluding carboxylic acids is 1. The number of carbonyl (C=O) groups is 1. The number of unbranched alkanes of at least 4 members (excludes halogenated alkanes) is 23. The Morgan fingerprint density at radius 1 is 0.472 bits per heavy atom. The predicted molar refractivity (Wildman–Crippen MR) is 234 cm³/mol. The van der Waals surface area contributed by atoms with Crippen LogP contribution in [0.1, 0.15) is 213 Å². The highest BCUT2D eigenvalue weighted by Gasteiger charge is 2.17. The van der Waals surface area contributed by atoms with Gasteiger partial charge in [0.15, 0.2) is 0 Å². The zero-order valence-electron chi connectivity index (χ0n) is 35.0. The van der Waals surface area contributed by atoms with E-state index in [-0.39, 0.29) is 12.5 Å². The van der Waals surface area contributed by atoms with Gasteiger partial charge in [-0.15, -0.1) is 0 Å². The molecule has 0 heterocycles. The first kappa shape index (κ1) is 50.8. The maximum absolute atomic E-state index is 12.4. The van der Waals surface area contributed by atoms with Gasteiger partial charge in [0.1, 0.15) is 0 Å². The quantitative estimate of drug-likeness (QED) is 0.0433. The van der Waals surface area contributed by atoms with Gasteiger partial charge in [0.05, 0.1) is 18.8 Å². The van der Waals surface area contributed by atoms with Crippen LogP contribution < -0.4 is 5.32 Å². The fourth-order valence-electron chi connectivity index (χ4n) is 6.48. The zero-order valence-corrected chi connectivity index (χ0v) is 35.0. The molecule has 0 aromatic carbocycles. The van der Waals surface area contributed by atoms with Crippen molar-refractivity contribution in [2.24, 2.45) is 0 Å². The lowest BCUT2D eigenvalue weighted by Gasteiger charge is -2.19. The molecule has 0 rings (SSSR count). The molecule has 306 valence electrons. The number of allylic oxidation sites excluding steroid dienone is 11. The van der Waals surface area contributed by atoms with Crippen LogP contribution in [0.2, 0.25) is 0 Å². The van der Waals surface area contributed by atoms with E-state index in [1.165, 1.54) is 128 Å². The number of rotatable bonds is 40. The average molecular weight is 738 g/mol. The first-order chi connectivity index (χ1) is 26.2. The van der Waals surface area contributed by atoms with Gasteiger partial charge in [0.25, 0.3) is 0 Å². The van der Waals surface area contributed by atoms with Gasteiger partial charge in [0, 0.05) is 6.42 Å². The molecular formula is C49H87NO3. The van der Waals surface area contributed by atoms with Crippen molar-refractivity contribution in [3.8, 4) is 0 Å². The largest absolute Gasteiger partial charge is 0.394 e. The van der Waals surface area contributed by atoms with Crippen molar-refractivity contribution in [3.05, 3.63) is 72.9 Å². The number of hydrogen-bond acceptors (Lipinski definition) is 3. The summed E-state index contributed by atoms with van der Waals surface area (Å²) in [6, 6.07) is -0.647. The topological polar surface area (TPSA) is 69.6 Å². The van der Waals surface area contributed by atoms with Crippen LogP contribution in [0.5, 0.6) is 0 Å². The van der Waals surface area contributed by atoms with Crippen LogP contribution >= 0.6 is 0 Å². The fraction of sp³-hybridized carbons (Fsp3) is 0.735. The van der Waals surface area contributed by atoms with Gasteiger partial charge in [-0.25, -0.2) is 0 Å². The van der Waals surface area contributed by atoms with Crippen molar-refractivity contribution in [2.75, 3.05) is 6.61 Å². The minimum atomic E-state index is -0.869. The molecule has 0 aliphatic carbocycles. The van der Waals surface area contributed by atoms with Crippen LogP contribution in [0.4, 0.5) is 0 Å². The standard InChI is InChI=1S/C49H87NO3/c1-3-5-7-9-11-13-15-17-19-21-23-25-27-29-31-33-35-37-39-41-43-45-49(53)50-47(46-51)48(52)44-42-40-38-36-34-32-30-28-26-24-22-20-18-16-14-12-10-8-6-4-2/h5,7,11,13,17,19,23,25,34,36,42,44,47-48,51-52H,3-4,6,8-10,12,14-16,18,20-22,24,26-33,35,37-41,43,45-46H2,1-2H3,(H,50,53)/b7-5-,13-11-,19-17-,25-23-,36-34+,44-42+. The third-order valence-electron chi connectivity index (χ3n) is 9.92. The third-order valence-corrected chi connectivity index (χ3v) is 9.92. The first-order valence-electron chi connectivity index (χ1n) is 22.7. The summed E-state index contributed by atoms with van der Waals surface area (Å²) in [5.74, 6) is -0.0845. The van der Waals surface area contributed by atoms with Crippen LogP contribution in [0.15, 0.2) is 72.9 Å². The van der Waals surface area contributed by atoms with Gasteiger partial charge in [0.2, 0.25) is 5.91 Å². The summed E-state index contributed by atoms with van der Waals surface area (Å²) in [6.45, 7) is 4.18. The van der Waals surface area contributed by atoms with Gasteiger partial charge in [-0.2, -0.15) is 0 Å². The molecule has 0 aliphatic heterocycles. The van der Waals surface area contributed by atoms with E-state index in [2.05, 4.69) is 79.9 Å². The van der Waals surface area contributed by atoms with Gasteiger partial charge < -0.3 is 15.5 Å². The number of aliphatic hydroxyl groups excluding tert-OH is 2. The summed E-state index contributed by atoms with van der Waals surface area (Å²) in [6.07, 6.45) is 63.0. The average Bonchev–Trinajstić information content (AvgIpc) is 3.16. The van der Waals surface area contributed by atoms with Gasteiger partial charge >= 0.3 is 0 Å². The van der Waals surface area contributed by atoms with E-state index in [0.717, 1.165) is 64.2 Å². The lowest BCUT2D eigenvalue weighted by molar-refractivity contribution is -0.123. The Hall–Kier alpha value is -2.17. The highest BCUT2D eigenvalue weighted by Crippen LogP contribution is 2.14. The molecule has 2 unspecified atom stereocenters. The van der Waals surface area contributed by atoms with Gasteiger partial charge in [-0.05, 0) is 70.6 Å². The van der Waals surface area contributed by atoms with Crippen LogP contribution in [0.3, 0.4) is 0 Å². The SMILES string of the molecule is CC/C=C\C/C=C\C/C=C\C/C=C\CCCCCCCCCCC(=O)NC(CO)C(O)/C=C/CC/C=C/CCCCCCCCCCCCCCCC. The summed E-state index contributed by atoms with van der Waals surface area (Å²) >= 11 is 0. The molecule has 0 bridgehead atoms. The molecule has 2 atom stereocenters. The van der Waals surface area contributed by atoms with Crippen molar-refractivity contribution >= 4 is 5.91 Å². The summed E-state index contributed by atoms with van der Waals surface area (Å²) < 4.78 is 0. The van der Waals surface area contributed by atoms with Crippen LogP contribution in [0, 0.1) is 0 Å². The lowest BCUT2D eigenvalue weighted by Crippen LogP contribution is -2.45. The lowest BCUT2D eigenvalue weighted by atomic mass is 10.0. The molecule has 0 saturated heterocycles. The van der Waals surface area contributed by atoms with Crippen LogP contribution in [-0.2, 0) is 4.79 Å². The van der Waals surface area contributed by atoms with Crippen molar-refractivity contribution in [1.82, 2.24) is 5.32 Å². The number of aliphatic hydroxyl groups is 2. The Morgan fingerprint density at radius 3 is 1.32 bits per heavy atom. The van der Waals surface area contributed by atoms with E-state index < -0.39 is 12.1 Å². The van der Waals surface area contributed by atoms with Gasteiger partial charge in [-0.1, -0.05) is 209 Å². The third kappa shape index (κ3) is 40.8. The molecule has 3 N–H and O–H groups in total. The maximum atomic E-state index is 12.4. The van der Waals surface area contributed by atoms with E-state index in [0.29, 0.717) is 6.42 Å². The molecule has 4 heteroatoms. The number of amides is 1. The highest BCUT2D eigenvalue weighted by atomic mass is 16.3. The highest BCUT2D eigenvalue weighted by molar-refractivity contribution is 5.76. The van der Waals surface area contributed by atoms with E-state index >= 15 is 0 Å². The zero-order chi connectivity index (χ0) is 38.6. The Balaban J connectivity index is 3.64. The Labute approximate surface area is 329 Å². The predicted octanol–water partition coefficient (Wildman–Crippen LogP) is 14.3. The smallest absolute Gasteiger partial charge is 0.220 e. The molecule has 0 spiro atoms. The molecule has 4 nitrogen and oxygen atoms in total. The molecule has 1 amide bonds. The Kier molecular flexibility index (Phi) is 42.4. The van der Waals surface area contributed by atoms with Crippen molar-refractivity contribution in [2.45, 2.75) is 225 Å². The second-order valence-corrected chi connectivity index (χ2v) is 15.1. The summed E-state index contributed by atoms with van der Waals surface area (Å²) in [5, 5.41) is 23.0. The number of nitrogens with one attached hydrogen (secondary N) is 1. The first-order valence-corrected chi connectivity index (χ1v) is 22.7. The van der Waals surface area contributed by atoms with Crippen LogP contribution in [-0.4, -0.2) is 34.9 Å². The fourth-order valence-corrected chi connectivity index (χ4v) is 6.48. The Bertz CT molecular complexity index is 930. The molecule has 0 radical (unpaired) electrons. The van der Waals surface area contributed by atoms with E-state index in [9.17, 15) is 15.0 Å². The van der Waals surface area contributed by atoms with Crippen LogP contribution in [0.25, 0.3) is 0 Å². The molecule has 0 aromatic rings. The Morgan fingerprint density at radius 2 is 0.849 bits per heavy atom. The molecule has 0 aliphatic rings. The molecular weight excluding hydrogens is 651 g/mol. The van der Waals surface area contributed by atoms with Crippen molar-refractivity contribution in [3.63, 3.8) is 0 Å². The number of hydrogen-bond donors (Lipinski definition) is 3. The van der Waals surface area contributed by atoms with Gasteiger partial charge in [-0.3, -0.25) is 4.79 Å². The summed E-state index contributed by atoms with van der Waals surface area (Å²) in [7, 11) is 0. The minimum Gasteiger partial charge on any atom is -0.394 e. The minimum absolute atomic E-state index is 0.0845. The summed E-state index contributed by atoms with van der Waals surface area (Å²) in [4.78, 5) is 12.4. The van der Waals surface area contributed by atoms with E-state index in [1.807, 2.05) is 6.08 Å². The molecule has 0 saturated carbocycles. The summed E-state index contributed by atoms with van der Waals surface area (Å²) in [5.41, 5.74) is 0. The van der Waals surface area contributed by atoms with E-state index in [1.54, 1.807) is 6.08 Å². The monoisotopic (exact) mass is 738 g/mol. The second-order valence-electron chi connectivity index (χ2n) is 15.1. The molecule has 0 fully saturated rings.